The molecule has 0 spiro atoms. The van der Waals surface area contributed by atoms with Crippen LogP contribution in [0.1, 0.15) is 0 Å². The maximum atomic E-state index is 11.5. The van der Waals surface area contributed by atoms with Gasteiger partial charge in [0.25, 0.3) is 0 Å². The Kier molecular flexibility index (Phi) is 16.4. The molecule has 4 aliphatic heterocycles. The molecule has 324 valence electrons. The SMILES string of the molecule is CO[C@@H]1O[C@@H](CO)[C@H](O)C(O[C@@H]2O[C@@H](COS(=O)(=O)O)[C@H](O[C@@H]3OC(CO)[C@H](O)[C@H](O[C@@H]4OC(COS(=O)(=O)O)[C@H](OC)[C@H](O)C4O)C3O)C(O)C2O)C1O. The summed E-state index contributed by atoms with van der Waals surface area (Å²) in [6, 6.07) is 0. The van der Waals surface area contributed by atoms with Gasteiger partial charge in [-0.1, -0.05) is 0 Å². The van der Waals surface area contributed by atoms with Crippen LogP contribution in [-0.4, -0.2) is 240 Å². The van der Waals surface area contributed by atoms with Crippen LogP contribution in [-0.2, 0) is 71.8 Å². The summed E-state index contributed by atoms with van der Waals surface area (Å²) in [6.07, 6.45) is -37.8. The van der Waals surface area contributed by atoms with E-state index in [1.54, 1.807) is 0 Å². The zero-order valence-corrected chi connectivity index (χ0v) is 30.3. The van der Waals surface area contributed by atoms with Gasteiger partial charge in [-0.15, -0.1) is 0 Å². The van der Waals surface area contributed by atoms with E-state index in [1.165, 1.54) is 0 Å². The van der Waals surface area contributed by atoms with Crippen LogP contribution in [0.25, 0.3) is 0 Å². The molecule has 0 amide bonds. The molecule has 0 aliphatic carbocycles. The summed E-state index contributed by atoms with van der Waals surface area (Å²) >= 11 is 0. The molecule has 8 unspecified atom stereocenters. The number of aliphatic hydroxyl groups excluding tert-OH is 10. The van der Waals surface area contributed by atoms with Crippen molar-refractivity contribution in [2.75, 3.05) is 40.6 Å². The van der Waals surface area contributed by atoms with Crippen molar-refractivity contribution in [3.05, 3.63) is 0 Å². The Morgan fingerprint density at radius 1 is 0.436 bits per heavy atom. The summed E-state index contributed by atoms with van der Waals surface area (Å²) in [5, 5.41) is 106. The minimum absolute atomic E-state index is 0.799. The second-order valence-corrected chi connectivity index (χ2v) is 14.8. The maximum Gasteiger partial charge on any atom is 0.397 e. The summed E-state index contributed by atoms with van der Waals surface area (Å²) in [6.45, 7) is -4.03. The van der Waals surface area contributed by atoms with Crippen molar-refractivity contribution in [1.29, 1.82) is 0 Å². The van der Waals surface area contributed by atoms with Crippen molar-refractivity contribution in [3.63, 3.8) is 0 Å². The standard InChI is InChI=1S/C26H46O27S2/c1-43-19-9(5-45-54(37,38)39)49-24(15(33)13(19)31)53-22-12(30)8(4-28)48-26(18(22)36)51-20-10(6-46-55(40,41)42)50-25(16(34)14(20)32)52-21-11(29)7(3-27)47-23(44-2)17(21)35/h7-36H,3-6H2,1-2H3,(H,37,38,39)(H,40,41,42)/t7-,8?,9?,10-,11-,12-,13+,14?,15?,16?,17?,18?,19-,20-,21?,22-,23+,24-,25-,26-/m0/s1. The van der Waals surface area contributed by atoms with Crippen LogP contribution >= 0.6 is 0 Å². The molecular formula is C26H46O27S2. The van der Waals surface area contributed by atoms with Crippen LogP contribution in [0.3, 0.4) is 0 Å². The predicted octanol–water partition coefficient (Wildman–Crippen LogP) is -8.79. The largest absolute Gasteiger partial charge is 0.397 e. The molecule has 12 N–H and O–H groups in total. The molecule has 0 aromatic rings. The third-order valence-corrected chi connectivity index (χ3v) is 9.93. The topological polar surface area (TPSA) is 413 Å². The van der Waals surface area contributed by atoms with Gasteiger partial charge in [0.1, 0.15) is 97.7 Å². The Morgan fingerprint density at radius 3 is 1.18 bits per heavy atom. The van der Waals surface area contributed by atoms with E-state index < -0.39 is 170 Å². The Morgan fingerprint density at radius 2 is 0.782 bits per heavy atom. The molecule has 0 radical (unpaired) electrons. The number of rotatable bonds is 16. The van der Waals surface area contributed by atoms with E-state index in [1.807, 2.05) is 0 Å². The number of ether oxygens (including phenoxy) is 9. The third kappa shape index (κ3) is 11.2. The lowest BCUT2D eigenvalue weighted by Crippen LogP contribution is -2.67. The van der Waals surface area contributed by atoms with E-state index in [0.29, 0.717) is 0 Å². The molecule has 4 heterocycles. The Bertz CT molecular complexity index is 1410. The molecule has 0 aromatic carbocycles. The number of methoxy groups -OCH3 is 2. The van der Waals surface area contributed by atoms with Crippen molar-refractivity contribution >= 4 is 20.8 Å². The lowest BCUT2D eigenvalue weighted by molar-refractivity contribution is -0.389. The molecule has 27 nitrogen and oxygen atoms in total. The molecule has 4 fully saturated rings. The fourth-order valence-corrected chi connectivity index (χ4v) is 6.88. The van der Waals surface area contributed by atoms with Gasteiger partial charge in [-0.25, -0.2) is 8.37 Å². The molecule has 55 heavy (non-hydrogen) atoms. The Hall–Kier alpha value is -1.02. The highest BCUT2D eigenvalue weighted by Crippen LogP contribution is 2.35. The minimum Gasteiger partial charge on any atom is -0.394 e. The first-order valence-electron chi connectivity index (χ1n) is 16.2. The summed E-state index contributed by atoms with van der Waals surface area (Å²) in [7, 11) is -8.12. The second kappa shape index (κ2) is 19.4. The maximum absolute atomic E-state index is 11.5. The van der Waals surface area contributed by atoms with Gasteiger partial charge >= 0.3 is 20.8 Å². The van der Waals surface area contributed by atoms with Crippen LogP contribution in [0.15, 0.2) is 0 Å². The van der Waals surface area contributed by atoms with Gasteiger partial charge in [0, 0.05) is 14.2 Å². The highest BCUT2D eigenvalue weighted by atomic mass is 32.3. The second-order valence-electron chi connectivity index (χ2n) is 12.6. The molecule has 4 aliphatic rings. The Balaban J connectivity index is 1.57. The fraction of sp³-hybridized carbons (Fsp3) is 1.00. The molecule has 4 rings (SSSR count). The zero-order valence-electron chi connectivity index (χ0n) is 28.7. The van der Waals surface area contributed by atoms with Crippen LogP contribution < -0.4 is 0 Å². The first-order chi connectivity index (χ1) is 25.7. The van der Waals surface area contributed by atoms with Gasteiger partial charge in [-0.3, -0.25) is 9.11 Å². The lowest BCUT2D eigenvalue weighted by atomic mass is 9.95. The molecule has 0 saturated carbocycles. The van der Waals surface area contributed by atoms with E-state index in [0.717, 1.165) is 14.2 Å². The summed E-state index contributed by atoms with van der Waals surface area (Å²) in [5.74, 6) is 0. The first-order valence-corrected chi connectivity index (χ1v) is 18.9. The third-order valence-electron chi connectivity index (χ3n) is 9.07. The molecule has 0 bridgehead atoms. The average Bonchev–Trinajstić information content (AvgIpc) is 3.12. The molecule has 29 heteroatoms. The van der Waals surface area contributed by atoms with E-state index in [9.17, 15) is 72.5 Å². The normalized spacial score (nSPS) is 46.1. The number of hydrogen-bond donors (Lipinski definition) is 12. The quantitative estimate of drug-likeness (QED) is 0.0641. The summed E-state index contributed by atoms with van der Waals surface area (Å²) < 4.78 is 120. The van der Waals surface area contributed by atoms with Crippen molar-refractivity contribution in [3.8, 4) is 0 Å². The lowest BCUT2D eigenvalue weighted by Gasteiger charge is -2.49. The van der Waals surface area contributed by atoms with Gasteiger partial charge in [0.05, 0.1) is 26.4 Å². The first kappa shape index (κ1) is 46.7. The van der Waals surface area contributed by atoms with Gasteiger partial charge in [0.2, 0.25) is 0 Å². The molecule has 0 aromatic heterocycles. The minimum atomic E-state index is -5.23. The molecular weight excluding hydrogens is 808 g/mol. The van der Waals surface area contributed by atoms with Gasteiger partial charge in [-0.2, -0.15) is 16.8 Å². The van der Waals surface area contributed by atoms with Crippen LogP contribution in [0.4, 0.5) is 0 Å². The highest BCUT2D eigenvalue weighted by molar-refractivity contribution is 7.81. The van der Waals surface area contributed by atoms with E-state index in [2.05, 4.69) is 8.37 Å². The Labute approximate surface area is 312 Å². The van der Waals surface area contributed by atoms with Crippen LogP contribution in [0.5, 0.6) is 0 Å². The summed E-state index contributed by atoms with van der Waals surface area (Å²) in [5.41, 5.74) is 0. The molecule has 20 atom stereocenters. The fourth-order valence-electron chi connectivity index (χ4n) is 6.27. The summed E-state index contributed by atoms with van der Waals surface area (Å²) in [4.78, 5) is 0. The number of hydrogen-bond acceptors (Lipinski definition) is 25. The van der Waals surface area contributed by atoms with Crippen LogP contribution in [0, 0.1) is 0 Å². The van der Waals surface area contributed by atoms with E-state index >= 15 is 0 Å². The predicted molar refractivity (Wildman–Crippen MR) is 164 cm³/mol. The van der Waals surface area contributed by atoms with Crippen LogP contribution in [0.2, 0.25) is 0 Å². The average molecular weight is 855 g/mol. The van der Waals surface area contributed by atoms with Gasteiger partial charge < -0.3 is 93.7 Å². The van der Waals surface area contributed by atoms with Crippen molar-refractivity contribution < 1.29 is 128 Å². The van der Waals surface area contributed by atoms with Crippen molar-refractivity contribution in [2.24, 2.45) is 0 Å². The van der Waals surface area contributed by atoms with Gasteiger partial charge in [0.15, 0.2) is 25.2 Å². The van der Waals surface area contributed by atoms with Crippen molar-refractivity contribution in [1.82, 2.24) is 0 Å². The zero-order chi connectivity index (χ0) is 41.2. The monoisotopic (exact) mass is 854 g/mol. The van der Waals surface area contributed by atoms with E-state index in [-0.39, 0.29) is 0 Å². The van der Waals surface area contributed by atoms with Crippen molar-refractivity contribution in [2.45, 2.75) is 123 Å². The highest BCUT2D eigenvalue weighted by Gasteiger charge is 2.56. The molecule has 4 saturated heterocycles. The van der Waals surface area contributed by atoms with Gasteiger partial charge in [-0.05, 0) is 0 Å². The van der Waals surface area contributed by atoms with E-state index in [4.69, 9.17) is 47.2 Å². The number of aliphatic hydroxyl groups is 10. The smallest absolute Gasteiger partial charge is 0.394 e.